The van der Waals surface area contributed by atoms with E-state index in [1.54, 1.807) is 0 Å². The molecule has 0 aliphatic heterocycles. The van der Waals surface area contributed by atoms with Crippen LogP contribution in [0.1, 0.15) is 0 Å². The van der Waals surface area contributed by atoms with Gasteiger partial charge in [-0.15, -0.1) is 29.1 Å². The van der Waals surface area contributed by atoms with E-state index in [1.807, 2.05) is 0 Å². The van der Waals surface area contributed by atoms with Gasteiger partial charge in [-0.2, -0.15) is 16.8 Å². The number of anilines is 1. The molecule has 24 nitrogen and oxygen atoms in total. The van der Waals surface area contributed by atoms with Crippen molar-refractivity contribution in [2.75, 3.05) is 30.5 Å². The predicted molar refractivity (Wildman–Crippen MR) is 174 cm³/mol. The van der Waals surface area contributed by atoms with Crippen LogP contribution in [0.2, 0.25) is 0 Å². The molecule has 0 atom stereocenters. The minimum Gasteiger partial charge on any atom is -0.506 e. The standard InChI is InChI=1S/C22H23N5O19S6/c23-15-11-20(28)19(27-25-17-4-2-14(10-22(17)52(38,39)40)50(33,34)8-6-42-48-46-44-30)12-18(15)26-24-16-3-1-13(9-21(16)51(35,36)37)49(31,32)7-5-41-47-45-43-29/h1-4,9-12,28-30H,5-8,23H2,(H,35,36,37)(H,38,39,40). The summed E-state index contributed by atoms with van der Waals surface area (Å²) < 4.78 is 136. The second-order valence-electron chi connectivity index (χ2n) is 9.21. The summed E-state index contributed by atoms with van der Waals surface area (Å²) in [6.07, 6.45) is 0. The lowest BCUT2D eigenvalue weighted by molar-refractivity contribution is -0.434. The van der Waals surface area contributed by atoms with Crippen LogP contribution in [-0.2, 0) is 67.0 Å². The Morgan fingerprint density at radius 3 is 1.40 bits per heavy atom. The molecule has 7 N–H and O–H groups in total. The first kappa shape index (κ1) is 43.0. The Bertz CT molecular complexity index is 2100. The van der Waals surface area contributed by atoms with Crippen LogP contribution in [0.15, 0.2) is 88.6 Å². The largest absolute Gasteiger partial charge is 0.506 e. The van der Waals surface area contributed by atoms with E-state index in [0.29, 0.717) is 12.1 Å². The highest BCUT2D eigenvalue weighted by Crippen LogP contribution is 2.39. The fourth-order valence-electron chi connectivity index (χ4n) is 3.57. The lowest BCUT2D eigenvalue weighted by Crippen LogP contribution is -2.12. The Kier molecular flexibility index (Phi) is 15.3. The molecule has 0 heterocycles. The average Bonchev–Trinajstić information content (AvgIpc) is 3.06. The van der Waals surface area contributed by atoms with Crippen LogP contribution in [0.25, 0.3) is 0 Å². The zero-order valence-electron chi connectivity index (χ0n) is 25.2. The molecule has 0 aliphatic rings. The van der Waals surface area contributed by atoms with Gasteiger partial charge in [-0.3, -0.25) is 17.5 Å². The third-order valence-corrected chi connectivity index (χ3v) is 11.8. The molecule has 0 aliphatic carbocycles. The van der Waals surface area contributed by atoms with Crippen LogP contribution in [0.3, 0.4) is 0 Å². The molecule has 52 heavy (non-hydrogen) atoms. The van der Waals surface area contributed by atoms with E-state index in [4.69, 9.17) is 16.2 Å². The molecule has 0 aromatic heterocycles. The van der Waals surface area contributed by atoms with Crippen molar-refractivity contribution < 1.29 is 85.5 Å². The summed E-state index contributed by atoms with van der Waals surface area (Å²) in [6.45, 7) is -1.01. The van der Waals surface area contributed by atoms with E-state index >= 15 is 0 Å². The third kappa shape index (κ3) is 12.3. The number of hydrogen-bond donors (Lipinski definition) is 6. The summed E-state index contributed by atoms with van der Waals surface area (Å²) in [5.41, 5.74) is 3.68. The molecule has 0 fully saturated rings. The van der Waals surface area contributed by atoms with E-state index in [-0.39, 0.29) is 36.0 Å². The van der Waals surface area contributed by atoms with Gasteiger partial charge in [-0.05, 0) is 42.5 Å². The zero-order chi connectivity index (χ0) is 38.7. The Morgan fingerprint density at radius 1 is 0.596 bits per heavy atom. The quantitative estimate of drug-likeness (QED) is 0.0179. The molecule has 0 radical (unpaired) electrons. The number of nitrogens with zero attached hydrogens (tertiary/aromatic N) is 4. The maximum absolute atomic E-state index is 12.6. The van der Waals surface area contributed by atoms with Crippen LogP contribution in [0.4, 0.5) is 28.4 Å². The summed E-state index contributed by atoms with van der Waals surface area (Å²) >= 11 is 0.212. The Balaban J connectivity index is 1.93. The predicted octanol–water partition coefficient (Wildman–Crippen LogP) is 3.85. The van der Waals surface area contributed by atoms with Gasteiger partial charge < -0.3 is 10.8 Å². The van der Waals surface area contributed by atoms with Gasteiger partial charge in [-0.25, -0.2) is 27.4 Å². The molecule has 0 spiro atoms. The molecule has 0 amide bonds. The average molecular weight is 854 g/mol. The van der Waals surface area contributed by atoms with Gasteiger partial charge in [0.25, 0.3) is 20.2 Å². The number of sulfone groups is 2. The summed E-state index contributed by atoms with van der Waals surface area (Å²) in [7, 11) is -18.7. The minimum absolute atomic E-state index is 0.105. The highest BCUT2D eigenvalue weighted by Gasteiger charge is 2.24. The monoisotopic (exact) mass is 853 g/mol. The first-order valence-corrected chi connectivity index (χ1v) is 20.5. The van der Waals surface area contributed by atoms with Crippen molar-refractivity contribution in [3.63, 3.8) is 0 Å². The lowest BCUT2D eigenvalue weighted by Gasteiger charge is -2.08. The first-order valence-electron chi connectivity index (χ1n) is 13.0. The molecular formula is C22H23N5O19S6. The fraction of sp³-hybridized carbons (Fsp3) is 0.182. The van der Waals surface area contributed by atoms with Crippen molar-refractivity contribution in [1.82, 2.24) is 0 Å². The minimum atomic E-state index is -5.12. The molecule has 3 aromatic rings. The van der Waals surface area contributed by atoms with E-state index in [9.17, 15) is 47.9 Å². The van der Waals surface area contributed by atoms with Gasteiger partial charge in [0, 0.05) is 6.07 Å². The molecule has 0 saturated heterocycles. The Hall–Kier alpha value is -3.44. The number of nitrogen functional groups attached to an aromatic ring is 1. The number of aromatic hydroxyl groups is 1. The fourth-order valence-corrected chi connectivity index (χ4v) is 7.89. The topological polar surface area (TPSA) is 369 Å². The smallest absolute Gasteiger partial charge is 0.296 e. The van der Waals surface area contributed by atoms with Gasteiger partial charge >= 0.3 is 0 Å². The Labute approximate surface area is 302 Å². The maximum Gasteiger partial charge on any atom is 0.296 e. The van der Waals surface area contributed by atoms with E-state index < -0.39 is 107 Å². The lowest BCUT2D eigenvalue weighted by atomic mass is 10.2. The van der Waals surface area contributed by atoms with E-state index in [2.05, 4.69) is 47.6 Å². The molecule has 3 aromatic carbocycles. The third-order valence-electron chi connectivity index (χ3n) is 5.87. The number of hydrogen-bond acceptors (Lipinski definition) is 24. The number of phenols is 1. The second kappa shape index (κ2) is 18.5. The molecule has 3 rings (SSSR count). The summed E-state index contributed by atoms with van der Waals surface area (Å²) in [5.74, 6) is -2.06. The number of nitrogens with two attached hydrogens (primary N) is 1. The van der Waals surface area contributed by atoms with Crippen LogP contribution >= 0.6 is 24.6 Å². The van der Waals surface area contributed by atoms with Crippen LogP contribution < -0.4 is 5.73 Å². The molecule has 286 valence electrons. The van der Waals surface area contributed by atoms with Crippen LogP contribution in [0, 0.1) is 0 Å². The van der Waals surface area contributed by atoms with E-state index in [1.165, 1.54) is 0 Å². The normalized spacial score (nSPS) is 13.0. The van der Waals surface area contributed by atoms with Gasteiger partial charge in [0.15, 0.2) is 44.3 Å². The van der Waals surface area contributed by atoms with Crippen molar-refractivity contribution in [1.29, 1.82) is 0 Å². The zero-order valence-corrected chi connectivity index (χ0v) is 30.1. The molecule has 0 saturated carbocycles. The van der Waals surface area contributed by atoms with Crippen molar-refractivity contribution >= 4 is 93.0 Å². The highest BCUT2D eigenvalue weighted by molar-refractivity contribution is 7.92. The number of azo groups is 2. The molecule has 0 unspecified atom stereocenters. The Morgan fingerprint density at radius 2 is 1.00 bits per heavy atom. The van der Waals surface area contributed by atoms with Gasteiger partial charge in [0.05, 0.1) is 40.2 Å². The van der Waals surface area contributed by atoms with Crippen molar-refractivity contribution in [3.05, 3.63) is 48.5 Å². The number of rotatable bonds is 20. The highest BCUT2D eigenvalue weighted by atomic mass is 32.2. The van der Waals surface area contributed by atoms with E-state index in [0.717, 1.165) is 36.4 Å². The number of benzene rings is 3. The first-order chi connectivity index (χ1) is 24.3. The summed E-state index contributed by atoms with van der Waals surface area (Å²) in [5, 5.41) is 47.8. The summed E-state index contributed by atoms with van der Waals surface area (Å²) in [4.78, 5) is -3.13. The second-order valence-corrected chi connectivity index (χ2v) is 17.2. The molecule has 0 bridgehead atoms. The SMILES string of the molecule is Nc1cc(O)c(N=Nc2ccc(S(=O)(=O)CCOSOOO)cc2S(=O)(=O)O)cc1N=Nc1ccc(S(=O)(=O)CCOSOOO)cc1S(=O)(=O)O. The van der Waals surface area contributed by atoms with Crippen molar-refractivity contribution in [3.8, 4) is 5.75 Å². The summed E-state index contributed by atoms with van der Waals surface area (Å²) in [6, 6.07) is 6.67. The maximum atomic E-state index is 12.6. The van der Waals surface area contributed by atoms with Crippen LogP contribution in [0.5, 0.6) is 5.75 Å². The van der Waals surface area contributed by atoms with Crippen molar-refractivity contribution in [2.24, 2.45) is 20.5 Å². The van der Waals surface area contributed by atoms with Gasteiger partial charge in [-0.1, -0.05) is 10.1 Å². The molecule has 30 heteroatoms. The molecular weight excluding hydrogens is 831 g/mol. The van der Waals surface area contributed by atoms with Gasteiger partial charge in [0.1, 0.15) is 38.3 Å². The number of phenolic OH excluding ortho intramolecular Hbond substituents is 1. The van der Waals surface area contributed by atoms with Crippen molar-refractivity contribution in [2.45, 2.75) is 19.6 Å². The van der Waals surface area contributed by atoms with Gasteiger partial charge in [0.2, 0.25) is 0 Å². The van der Waals surface area contributed by atoms with Crippen LogP contribution in [-0.4, -0.2) is 83.1 Å².